The maximum absolute atomic E-state index is 8.64. The van der Waals surface area contributed by atoms with Crippen LogP contribution in [0.15, 0.2) is 42.6 Å². The quantitative estimate of drug-likeness (QED) is 0.823. The molecule has 1 aromatic carbocycles. The molecule has 19 heavy (non-hydrogen) atoms. The van der Waals surface area contributed by atoms with E-state index in [4.69, 9.17) is 14.7 Å². The molecule has 0 unspecified atom stereocenters. The van der Waals surface area contributed by atoms with Gasteiger partial charge in [0.2, 0.25) is 0 Å². The molecule has 4 heteroatoms. The Kier molecular flexibility index (Phi) is 4.35. The predicted octanol–water partition coefficient (Wildman–Crippen LogP) is 2.74. The van der Waals surface area contributed by atoms with Gasteiger partial charge in [-0.2, -0.15) is 5.26 Å². The highest BCUT2D eigenvalue weighted by atomic mass is 16.5. The maximum Gasteiger partial charge on any atom is 0.179 e. The number of rotatable bonds is 5. The van der Waals surface area contributed by atoms with Gasteiger partial charge in [-0.05, 0) is 5.56 Å². The Hall–Kier alpha value is -2.54. The van der Waals surface area contributed by atoms with Crippen LogP contribution in [0.1, 0.15) is 11.3 Å². The number of nitrogens with zero attached hydrogens (tertiary/aromatic N) is 2. The van der Waals surface area contributed by atoms with Crippen LogP contribution >= 0.6 is 0 Å². The zero-order chi connectivity index (χ0) is 13.5. The number of ether oxygens (including phenoxy) is 2. The average molecular weight is 254 g/mol. The number of nitriles is 1. The van der Waals surface area contributed by atoms with E-state index in [9.17, 15) is 0 Å². The monoisotopic (exact) mass is 254 g/mol. The molecule has 0 fully saturated rings. The zero-order valence-corrected chi connectivity index (χ0v) is 10.7. The van der Waals surface area contributed by atoms with Gasteiger partial charge in [0.1, 0.15) is 6.61 Å². The molecule has 0 radical (unpaired) electrons. The van der Waals surface area contributed by atoms with Gasteiger partial charge in [-0.25, -0.2) is 0 Å². The minimum Gasteiger partial charge on any atom is -0.493 e. The molecular formula is C15H14N2O2. The summed E-state index contributed by atoms with van der Waals surface area (Å²) in [6, 6.07) is 13.6. The van der Waals surface area contributed by atoms with Crippen molar-refractivity contribution in [2.75, 3.05) is 7.11 Å². The van der Waals surface area contributed by atoms with Gasteiger partial charge in [0.05, 0.1) is 31.5 Å². The fraction of sp³-hybridized carbons (Fsp3) is 0.200. The molecule has 0 saturated carbocycles. The molecule has 0 aliphatic carbocycles. The van der Waals surface area contributed by atoms with Crippen LogP contribution < -0.4 is 9.47 Å². The van der Waals surface area contributed by atoms with E-state index in [0.717, 1.165) is 5.56 Å². The largest absolute Gasteiger partial charge is 0.493 e. The normalized spacial score (nSPS) is 9.68. The Balaban J connectivity index is 2.10. The van der Waals surface area contributed by atoms with Crippen molar-refractivity contribution < 1.29 is 9.47 Å². The van der Waals surface area contributed by atoms with E-state index in [1.54, 1.807) is 19.4 Å². The summed E-state index contributed by atoms with van der Waals surface area (Å²) in [5.41, 5.74) is 1.75. The van der Waals surface area contributed by atoms with Crippen LogP contribution in [-0.2, 0) is 13.0 Å². The Morgan fingerprint density at radius 2 is 2.00 bits per heavy atom. The lowest BCUT2D eigenvalue weighted by atomic mass is 10.2. The minimum absolute atomic E-state index is 0.259. The van der Waals surface area contributed by atoms with Gasteiger partial charge in [-0.15, -0.1) is 0 Å². The second-order valence-electron chi connectivity index (χ2n) is 3.94. The third-order valence-corrected chi connectivity index (χ3v) is 2.61. The lowest BCUT2D eigenvalue weighted by Gasteiger charge is -2.10. The lowest BCUT2D eigenvalue weighted by Crippen LogP contribution is -1.99. The van der Waals surface area contributed by atoms with Crippen LogP contribution in [0.25, 0.3) is 0 Å². The first-order chi connectivity index (χ1) is 9.33. The maximum atomic E-state index is 8.64. The smallest absolute Gasteiger partial charge is 0.179 e. The van der Waals surface area contributed by atoms with Crippen molar-refractivity contribution >= 4 is 0 Å². The molecule has 0 atom stereocenters. The summed E-state index contributed by atoms with van der Waals surface area (Å²) in [5.74, 6) is 1.17. The Morgan fingerprint density at radius 1 is 1.21 bits per heavy atom. The molecule has 2 aromatic rings. The molecule has 0 N–H and O–H groups in total. The highest BCUT2D eigenvalue weighted by molar-refractivity contribution is 5.39. The predicted molar refractivity (Wildman–Crippen MR) is 70.9 cm³/mol. The van der Waals surface area contributed by atoms with E-state index in [1.165, 1.54) is 0 Å². The number of aromatic nitrogens is 1. The summed E-state index contributed by atoms with van der Waals surface area (Å²) < 4.78 is 10.9. The van der Waals surface area contributed by atoms with Gasteiger partial charge in [0, 0.05) is 6.07 Å². The lowest BCUT2D eigenvalue weighted by molar-refractivity contribution is 0.283. The van der Waals surface area contributed by atoms with Crippen molar-refractivity contribution in [1.29, 1.82) is 5.26 Å². The highest BCUT2D eigenvalue weighted by Crippen LogP contribution is 2.27. The molecule has 0 amide bonds. The average Bonchev–Trinajstić information content (AvgIpc) is 2.47. The van der Waals surface area contributed by atoms with Crippen molar-refractivity contribution in [3.05, 3.63) is 53.9 Å². The van der Waals surface area contributed by atoms with Crippen molar-refractivity contribution in [3.63, 3.8) is 0 Å². The molecular weight excluding hydrogens is 240 g/mol. The van der Waals surface area contributed by atoms with Gasteiger partial charge in [0.25, 0.3) is 0 Å². The number of benzene rings is 1. The molecule has 1 aromatic heterocycles. The summed E-state index contributed by atoms with van der Waals surface area (Å²) in [5, 5.41) is 8.64. The molecule has 0 bridgehead atoms. The van der Waals surface area contributed by atoms with Crippen LogP contribution in [0.2, 0.25) is 0 Å². The number of pyridine rings is 1. The van der Waals surface area contributed by atoms with E-state index < -0.39 is 0 Å². The zero-order valence-electron chi connectivity index (χ0n) is 10.7. The van der Waals surface area contributed by atoms with E-state index >= 15 is 0 Å². The third kappa shape index (κ3) is 3.46. The molecule has 96 valence electrons. The summed E-state index contributed by atoms with van der Waals surface area (Å²) in [6.07, 6.45) is 1.85. The first-order valence-electron chi connectivity index (χ1n) is 5.90. The Labute approximate surface area is 112 Å². The van der Waals surface area contributed by atoms with Gasteiger partial charge in [-0.3, -0.25) is 4.98 Å². The first kappa shape index (κ1) is 12.9. The SMILES string of the molecule is COc1cc(CC#N)ncc1OCc1ccccc1. The summed E-state index contributed by atoms with van der Waals surface area (Å²) in [7, 11) is 1.57. The van der Waals surface area contributed by atoms with Crippen LogP contribution in [0, 0.1) is 11.3 Å². The molecule has 0 spiro atoms. The van der Waals surface area contributed by atoms with Gasteiger partial charge >= 0.3 is 0 Å². The highest BCUT2D eigenvalue weighted by Gasteiger charge is 2.07. The summed E-state index contributed by atoms with van der Waals surface area (Å²) >= 11 is 0. The fourth-order valence-corrected chi connectivity index (χ4v) is 1.65. The second-order valence-corrected chi connectivity index (χ2v) is 3.94. The first-order valence-corrected chi connectivity index (χ1v) is 5.90. The van der Waals surface area contributed by atoms with E-state index in [0.29, 0.717) is 23.8 Å². The standard InChI is InChI=1S/C15H14N2O2/c1-18-14-9-13(7-8-16)17-10-15(14)19-11-12-5-3-2-4-6-12/h2-6,9-10H,7,11H2,1H3. The van der Waals surface area contributed by atoms with Gasteiger partial charge < -0.3 is 9.47 Å². The topological polar surface area (TPSA) is 55.1 Å². The molecule has 1 heterocycles. The Morgan fingerprint density at radius 3 is 2.68 bits per heavy atom. The van der Waals surface area contributed by atoms with Crippen LogP contribution in [0.4, 0.5) is 0 Å². The summed E-state index contributed by atoms with van der Waals surface area (Å²) in [6.45, 7) is 0.455. The van der Waals surface area contributed by atoms with E-state index in [1.807, 2.05) is 30.3 Å². The fourth-order valence-electron chi connectivity index (χ4n) is 1.65. The van der Waals surface area contributed by atoms with E-state index in [2.05, 4.69) is 11.1 Å². The van der Waals surface area contributed by atoms with Crippen molar-refractivity contribution in [3.8, 4) is 17.6 Å². The van der Waals surface area contributed by atoms with Gasteiger partial charge in [-0.1, -0.05) is 30.3 Å². The molecule has 2 rings (SSSR count). The minimum atomic E-state index is 0.259. The second kappa shape index (κ2) is 6.41. The van der Waals surface area contributed by atoms with Crippen LogP contribution in [0.3, 0.4) is 0 Å². The Bertz CT molecular complexity index is 576. The molecule has 0 aliphatic rings. The molecule has 4 nitrogen and oxygen atoms in total. The number of methoxy groups -OCH3 is 1. The van der Waals surface area contributed by atoms with Gasteiger partial charge in [0.15, 0.2) is 11.5 Å². The van der Waals surface area contributed by atoms with Crippen LogP contribution in [-0.4, -0.2) is 12.1 Å². The summed E-state index contributed by atoms with van der Waals surface area (Å²) in [4.78, 5) is 4.16. The molecule has 0 saturated heterocycles. The number of hydrogen-bond acceptors (Lipinski definition) is 4. The van der Waals surface area contributed by atoms with E-state index in [-0.39, 0.29) is 6.42 Å². The third-order valence-electron chi connectivity index (χ3n) is 2.61. The molecule has 0 aliphatic heterocycles. The van der Waals surface area contributed by atoms with Crippen LogP contribution in [0.5, 0.6) is 11.5 Å². The van der Waals surface area contributed by atoms with Crippen molar-refractivity contribution in [1.82, 2.24) is 4.98 Å². The van der Waals surface area contributed by atoms with Crippen molar-refractivity contribution in [2.24, 2.45) is 0 Å². The number of hydrogen-bond donors (Lipinski definition) is 0. The van der Waals surface area contributed by atoms with Crippen molar-refractivity contribution in [2.45, 2.75) is 13.0 Å².